The Balaban J connectivity index is 1.84. The summed E-state index contributed by atoms with van der Waals surface area (Å²) in [6, 6.07) is 10.7. The molecule has 1 atom stereocenters. The van der Waals surface area contributed by atoms with Crippen molar-refractivity contribution in [2.24, 2.45) is 0 Å². The zero-order valence-electron chi connectivity index (χ0n) is 12.1. The molecule has 0 spiro atoms. The van der Waals surface area contributed by atoms with Crippen molar-refractivity contribution in [3.05, 3.63) is 58.9 Å². The van der Waals surface area contributed by atoms with E-state index in [1.165, 1.54) is 12.0 Å². The van der Waals surface area contributed by atoms with Crippen LogP contribution in [-0.2, 0) is 6.54 Å². The maximum absolute atomic E-state index is 6.24. The number of aromatic nitrogens is 1. The highest BCUT2D eigenvalue weighted by Crippen LogP contribution is 2.38. The van der Waals surface area contributed by atoms with Gasteiger partial charge in [0.2, 0.25) is 0 Å². The molecule has 3 nitrogen and oxygen atoms in total. The Kier molecular flexibility index (Phi) is 4.42. The Morgan fingerprint density at radius 3 is 3.00 bits per heavy atom. The predicted molar refractivity (Wildman–Crippen MR) is 84.6 cm³/mol. The first-order chi connectivity index (χ1) is 10.3. The van der Waals surface area contributed by atoms with E-state index < -0.39 is 0 Å². The summed E-state index contributed by atoms with van der Waals surface area (Å²) in [7, 11) is 1.73. The molecule has 0 saturated carbocycles. The Labute approximate surface area is 130 Å². The molecular weight excluding hydrogens is 284 g/mol. The van der Waals surface area contributed by atoms with Gasteiger partial charge in [0.1, 0.15) is 5.75 Å². The van der Waals surface area contributed by atoms with E-state index in [0.29, 0.717) is 6.04 Å². The van der Waals surface area contributed by atoms with Gasteiger partial charge in [0.05, 0.1) is 12.1 Å². The number of rotatable bonds is 4. The second kappa shape index (κ2) is 6.46. The quantitative estimate of drug-likeness (QED) is 0.851. The van der Waals surface area contributed by atoms with Crippen LogP contribution in [0.2, 0.25) is 5.02 Å². The average molecular weight is 303 g/mol. The third-order valence-electron chi connectivity index (χ3n) is 4.09. The monoisotopic (exact) mass is 302 g/mol. The smallest absolute Gasteiger partial charge is 0.123 e. The lowest BCUT2D eigenvalue weighted by atomic mass is 10.0. The van der Waals surface area contributed by atoms with Crippen LogP contribution in [0.15, 0.2) is 42.7 Å². The first-order valence-electron chi connectivity index (χ1n) is 7.25. The van der Waals surface area contributed by atoms with Crippen LogP contribution >= 0.6 is 11.6 Å². The molecule has 1 aliphatic rings. The number of para-hydroxylation sites is 1. The highest BCUT2D eigenvalue weighted by atomic mass is 35.5. The first-order valence-corrected chi connectivity index (χ1v) is 7.62. The van der Waals surface area contributed by atoms with Crippen molar-refractivity contribution in [1.82, 2.24) is 9.88 Å². The summed E-state index contributed by atoms with van der Waals surface area (Å²) in [5, 5.41) is 0.739. The molecule has 3 rings (SSSR count). The van der Waals surface area contributed by atoms with Crippen LogP contribution < -0.4 is 4.74 Å². The summed E-state index contributed by atoms with van der Waals surface area (Å²) < 4.78 is 5.52. The molecule has 1 unspecified atom stereocenters. The summed E-state index contributed by atoms with van der Waals surface area (Å²) in [5.41, 5.74) is 2.40. The lowest BCUT2D eigenvalue weighted by molar-refractivity contribution is 0.243. The fourth-order valence-corrected chi connectivity index (χ4v) is 3.24. The largest absolute Gasteiger partial charge is 0.496 e. The number of hydrogen-bond donors (Lipinski definition) is 0. The van der Waals surface area contributed by atoms with E-state index in [2.05, 4.69) is 22.0 Å². The minimum absolute atomic E-state index is 0.394. The number of benzene rings is 1. The van der Waals surface area contributed by atoms with Crippen molar-refractivity contribution in [2.75, 3.05) is 13.7 Å². The molecule has 1 aromatic carbocycles. The summed E-state index contributed by atoms with van der Waals surface area (Å²) in [4.78, 5) is 6.52. The Morgan fingerprint density at radius 1 is 1.33 bits per heavy atom. The van der Waals surface area contributed by atoms with E-state index in [1.807, 2.05) is 18.2 Å². The summed E-state index contributed by atoms with van der Waals surface area (Å²) in [6.07, 6.45) is 5.87. The van der Waals surface area contributed by atoms with Crippen molar-refractivity contribution in [3.63, 3.8) is 0 Å². The zero-order chi connectivity index (χ0) is 14.7. The number of methoxy groups -OCH3 is 1. The molecule has 4 heteroatoms. The average Bonchev–Trinajstić information content (AvgIpc) is 2.97. The zero-order valence-corrected chi connectivity index (χ0v) is 12.9. The maximum Gasteiger partial charge on any atom is 0.123 e. The molecule has 1 aromatic heterocycles. The van der Waals surface area contributed by atoms with Gasteiger partial charge in [-0.3, -0.25) is 9.88 Å². The number of pyridine rings is 1. The second-order valence-electron chi connectivity index (χ2n) is 5.34. The SMILES string of the molecule is COc1ccccc1C1CCCN1Cc1ccncc1Cl. The Morgan fingerprint density at radius 2 is 2.19 bits per heavy atom. The standard InChI is InChI=1S/C17H19ClN2O/c1-21-17-7-3-2-5-14(17)16-6-4-10-20(16)12-13-8-9-19-11-15(13)18/h2-3,5,7-9,11,16H,4,6,10,12H2,1H3. The van der Waals surface area contributed by atoms with E-state index in [9.17, 15) is 0 Å². The predicted octanol–water partition coefficient (Wildman–Crippen LogP) is 4.08. The number of hydrogen-bond acceptors (Lipinski definition) is 3. The van der Waals surface area contributed by atoms with Gasteiger partial charge in [-0.05, 0) is 37.1 Å². The lowest BCUT2D eigenvalue weighted by Crippen LogP contribution is -2.23. The minimum Gasteiger partial charge on any atom is -0.496 e. The van der Waals surface area contributed by atoms with Crippen LogP contribution in [0, 0.1) is 0 Å². The number of ether oxygens (including phenoxy) is 1. The van der Waals surface area contributed by atoms with Crippen molar-refractivity contribution in [2.45, 2.75) is 25.4 Å². The minimum atomic E-state index is 0.394. The topological polar surface area (TPSA) is 25.4 Å². The van der Waals surface area contributed by atoms with Gasteiger partial charge in [-0.1, -0.05) is 29.8 Å². The molecule has 1 saturated heterocycles. The number of likely N-dealkylation sites (tertiary alicyclic amines) is 1. The number of nitrogens with zero attached hydrogens (tertiary/aromatic N) is 2. The normalized spacial score (nSPS) is 18.9. The van der Waals surface area contributed by atoms with Gasteiger partial charge in [-0.2, -0.15) is 0 Å². The Bertz CT molecular complexity index is 617. The third kappa shape index (κ3) is 3.04. The van der Waals surface area contributed by atoms with Crippen LogP contribution in [0.1, 0.15) is 30.0 Å². The molecule has 0 amide bonds. The molecule has 0 radical (unpaired) electrons. The molecule has 110 valence electrons. The molecular formula is C17H19ClN2O. The van der Waals surface area contributed by atoms with Crippen molar-refractivity contribution >= 4 is 11.6 Å². The van der Waals surface area contributed by atoms with E-state index in [0.717, 1.165) is 35.8 Å². The van der Waals surface area contributed by atoms with Crippen LogP contribution in [-0.4, -0.2) is 23.5 Å². The molecule has 2 aromatic rings. The Hall–Kier alpha value is -1.58. The highest BCUT2D eigenvalue weighted by Gasteiger charge is 2.28. The van der Waals surface area contributed by atoms with E-state index in [4.69, 9.17) is 16.3 Å². The van der Waals surface area contributed by atoms with Gasteiger partial charge in [0.25, 0.3) is 0 Å². The molecule has 0 N–H and O–H groups in total. The van der Waals surface area contributed by atoms with Crippen LogP contribution in [0.3, 0.4) is 0 Å². The molecule has 1 aliphatic heterocycles. The first kappa shape index (κ1) is 14.4. The fraction of sp³-hybridized carbons (Fsp3) is 0.353. The fourth-order valence-electron chi connectivity index (χ4n) is 3.06. The lowest BCUT2D eigenvalue weighted by Gasteiger charge is -2.26. The molecule has 2 heterocycles. The summed E-state index contributed by atoms with van der Waals surface area (Å²) in [6.45, 7) is 1.94. The number of halogens is 1. The van der Waals surface area contributed by atoms with Gasteiger partial charge in [-0.25, -0.2) is 0 Å². The molecule has 1 fully saturated rings. The van der Waals surface area contributed by atoms with E-state index >= 15 is 0 Å². The molecule has 0 aliphatic carbocycles. The summed E-state index contributed by atoms with van der Waals surface area (Å²) in [5.74, 6) is 0.968. The highest BCUT2D eigenvalue weighted by molar-refractivity contribution is 6.31. The van der Waals surface area contributed by atoms with Gasteiger partial charge < -0.3 is 4.74 Å². The summed E-state index contributed by atoms with van der Waals surface area (Å²) >= 11 is 6.24. The van der Waals surface area contributed by atoms with Crippen molar-refractivity contribution < 1.29 is 4.74 Å². The van der Waals surface area contributed by atoms with Crippen LogP contribution in [0.25, 0.3) is 0 Å². The van der Waals surface area contributed by atoms with Crippen molar-refractivity contribution in [3.8, 4) is 5.75 Å². The van der Waals surface area contributed by atoms with Gasteiger partial charge in [0.15, 0.2) is 0 Å². The van der Waals surface area contributed by atoms with E-state index in [-0.39, 0.29) is 0 Å². The molecule has 0 bridgehead atoms. The van der Waals surface area contributed by atoms with Gasteiger partial charge in [0, 0.05) is 30.5 Å². The van der Waals surface area contributed by atoms with Crippen LogP contribution in [0.4, 0.5) is 0 Å². The van der Waals surface area contributed by atoms with Gasteiger partial charge in [-0.15, -0.1) is 0 Å². The third-order valence-corrected chi connectivity index (χ3v) is 4.43. The van der Waals surface area contributed by atoms with Gasteiger partial charge >= 0.3 is 0 Å². The molecule has 21 heavy (non-hydrogen) atoms. The second-order valence-corrected chi connectivity index (χ2v) is 5.74. The van der Waals surface area contributed by atoms with Crippen molar-refractivity contribution in [1.29, 1.82) is 0 Å². The van der Waals surface area contributed by atoms with Crippen LogP contribution in [0.5, 0.6) is 5.75 Å². The van der Waals surface area contributed by atoms with E-state index in [1.54, 1.807) is 19.5 Å². The maximum atomic E-state index is 6.24.